The van der Waals surface area contributed by atoms with Gasteiger partial charge in [-0.1, -0.05) is 0 Å². The average molecular weight is 350 g/mol. The summed E-state index contributed by atoms with van der Waals surface area (Å²) < 4.78 is 43.3. The van der Waals surface area contributed by atoms with Gasteiger partial charge < -0.3 is 19.9 Å². The second kappa shape index (κ2) is 7.21. The van der Waals surface area contributed by atoms with Crippen LogP contribution in [0.25, 0.3) is 0 Å². The molecule has 0 aliphatic carbocycles. The zero-order chi connectivity index (χ0) is 18.7. The van der Waals surface area contributed by atoms with Crippen LogP contribution in [-0.2, 0) is 14.3 Å². The number of ether oxygens (including phenoxy) is 3. The van der Waals surface area contributed by atoms with E-state index in [1.54, 1.807) is 6.92 Å². The van der Waals surface area contributed by atoms with E-state index in [4.69, 9.17) is 19.9 Å². The van der Waals surface area contributed by atoms with E-state index in [1.807, 2.05) is 6.07 Å². The van der Waals surface area contributed by atoms with Gasteiger partial charge in [0.15, 0.2) is 0 Å². The van der Waals surface area contributed by atoms with Crippen LogP contribution in [0, 0.1) is 23.0 Å². The molecule has 0 bridgehead atoms. The number of methoxy groups -OCH3 is 1. The number of esters is 1. The second-order valence-corrected chi connectivity index (χ2v) is 5.12. The fourth-order valence-electron chi connectivity index (χ4n) is 2.65. The Hall–Kier alpha value is -3.08. The molecule has 0 saturated heterocycles. The topological polar surface area (TPSA) is 94.6 Å². The molecule has 1 aromatic rings. The first kappa shape index (κ1) is 18.3. The molecule has 0 saturated carbocycles. The lowest BCUT2D eigenvalue weighted by Crippen LogP contribution is -2.26. The van der Waals surface area contributed by atoms with Gasteiger partial charge in [-0.2, -0.15) is 5.26 Å². The summed E-state index contributed by atoms with van der Waals surface area (Å²) in [6, 6.07) is 3.41. The molecule has 25 heavy (non-hydrogen) atoms. The highest BCUT2D eigenvalue weighted by Crippen LogP contribution is 2.44. The van der Waals surface area contributed by atoms with Crippen LogP contribution in [-0.4, -0.2) is 19.7 Å². The predicted octanol–water partition coefficient (Wildman–Crippen LogP) is 2.62. The molecule has 0 spiro atoms. The number of nitriles is 1. The zero-order valence-corrected chi connectivity index (χ0v) is 13.9. The first-order valence-corrected chi connectivity index (χ1v) is 7.34. The van der Waals surface area contributed by atoms with Crippen molar-refractivity contribution in [3.05, 3.63) is 52.1 Å². The highest BCUT2D eigenvalue weighted by atomic mass is 19.1. The summed E-state index contributed by atoms with van der Waals surface area (Å²) in [5, 5.41) is 9.44. The van der Waals surface area contributed by atoms with Gasteiger partial charge >= 0.3 is 5.97 Å². The van der Waals surface area contributed by atoms with Crippen molar-refractivity contribution >= 4 is 5.97 Å². The number of carbonyl (C=O) groups is 1. The summed E-state index contributed by atoms with van der Waals surface area (Å²) in [5.74, 6) is -4.27. The van der Waals surface area contributed by atoms with Crippen LogP contribution < -0.4 is 10.5 Å². The van der Waals surface area contributed by atoms with Gasteiger partial charge in [0.1, 0.15) is 34.8 Å². The van der Waals surface area contributed by atoms with Gasteiger partial charge in [0.25, 0.3) is 0 Å². The molecule has 132 valence electrons. The molecular weight excluding hydrogens is 334 g/mol. The van der Waals surface area contributed by atoms with Gasteiger partial charge in [-0.3, -0.25) is 0 Å². The summed E-state index contributed by atoms with van der Waals surface area (Å²) in [7, 11) is 1.22. The number of nitrogens with zero attached hydrogens (tertiary/aromatic N) is 1. The van der Waals surface area contributed by atoms with Crippen LogP contribution in [0.2, 0.25) is 0 Å². The minimum absolute atomic E-state index is 0.0609. The van der Waals surface area contributed by atoms with Gasteiger partial charge in [0, 0.05) is 17.7 Å². The lowest BCUT2D eigenvalue weighted by atomic mass is 9.82. The van der Waals surface area contributed by atoms with Crippen molar-refractivity contribution in [2.75, 3.05) is 13.7 Å². The Morgan fingerprint density at radius 1 is 1.44 bits per heavy atom. The third kappa shape index (κ3) is 3.26. The highest BCUT2D eigenvalue weighted by Gasteiger charge is 2.39. The van der Waals surface area contributed by atoms with Crippen molar-refractivity contribution in [3.63, 3.8) is 0 Å². The quantitative estimate of drug-likeness (QED) is 0.839. The predicted molar refractivity (Wildman–Crippen MR) is 82.9 cm³/mol. The normalized spacial score (nSPS) is 17.0. The molecule has 1 aliphatic heterocycles. The largest absolute Gasteiger partial charge is 0.496 e. The maximum Gasteiger partial charge on any atom is 0.338 e. The van der Waals surface area contributed by atoms with Crippen molar-refractivity contribution in [2.45, 2.75) is 19.8 Å². The van der Waals surface area contributed by atoms with Gasteiger partial charge in [0.2, 0.25) is 5.88 Å². The molecule has 0 radical (unpaired) electrons. The number of hydrogen-bond donors (Lipinski definition) is 1. The Labute approximate surface area is 143 Å². The van der Waals surface area contributed by atoms with Crippen LogP contribution in [0.5, 0.6) is 5.75 Å². The van der Waals surface area contributed by atoms with Crippen LogP contribution in [0.4, 0.5) is 8.78 Å². The molecule has 1 atom stereocenters. The molecule has 8 heteroatoms. The zero-order valence-electron chi connectivity index (χ0n) is 13.9. The third-order valence-corrected chi connectivity index (χ3v) is 3.67. The Bertz CT molecular complexity index is 825. The summed E-state index contributed by atoms with van der Waals surface area (Å²) in [6.45, 7) is 3.10. The first-order valence-electron chi connectivity index (χ1n) is 7.34. The second-order valence-electron chi connectivity index (χ2n) is 5.12. The summed E-state index contributed by atoms with van der Waals surface area (Å²) in [6.07, 6.45) is 0. The summed E-state index contributed by atoms with van der Waals surface area (Å²) >= 11 is 0. The fraction of sp³-hybridized carbons (Fsp3) is 0.294. The summed E-state index contributed by atoms with van der Waals surface area (Å²) in [4.78, 5) is 12.4. The molecule has 0 amide bonds. The average Bonchev–Trinajstić information content (AvgIpc) is 2.53. The standard InChI is InChI=1S/C17H16F2N2O4/c1-4-24-17(22)13-8(2)25-16(21)10(7-20)14(13)15-11(19)5-9(18)6-12(15)23-3/h5-6,14H,4,21H2,1-3H3. The minimum atomic E-state index is -1.24. The van der Waals surface area contributed by atoms with E-state index in [1.165, 1.54) is 14.0 Å². The smallest absolute Gasteiger partial charge is 0.338 e. The van der Waals surface area contributed by atoms with Crippen molar-refractivity contribution in [1.82, 2.24) is 0 Å². The van der Waals surface area contributed by atoms with Crippen LogP contribution >= 0.6 is 0 Å². The molecule has 1 aromatic carbocycles. The monoisotopic (exact) mass is 350 g/mol. The van der Waals surface area contributed by atoms with E-state index in [0.717, 1.165) is 6.07 Å². The van der Waals surface area contributed by atoms with Crippen LogP contribution in [0.15, 0.2) is 34.9 Å². The first-order chi connectivity index (χ1) is 11.8. The molecule has 6 nitrogen and oxygen atoms in total. The Kier molecular flexibility index (Phi) is 5.27. The van der Waals surface area contributed by atoms with Gasteiger partial charge in [0.05, 0.1) is 25.2 Å². The molecule has 2 N–H and O–H groups in total. The lowest BCUT2D eigenvalue weighted by molar-refractivity contribution is -0.139. The summed E-state index contributed by atoms with van der Waals surface area (Å²) in [5.41, 5.74) is 5.23. The molecule has 1 aliphatic rings. The fourth-order valence-corrected chi connectivity index (χ4v) is 2.65. The minimum Gasteiger partial charge on any atom is -0.496 e. The van der Waals surface area contributed by atoms with E-state index in [0.29, 0.717) is 6.07 Å². The van der Waals surface area contributed by atoms with Crippen LogP contribution in [0.1, 0.15) is 25.3 Å². The van der Waals surface area contributed by atoms with Gasteiger partial charge in [-0.05, 0) is 13.8 Å². The number of benzene rings is 1. The van der Waals surface area contributed by atoms with Gasteiger partial charge in [-0.25, -0.2) is 13.6 Å². The van der Waals surface area contributed by atoms with E-state index in [2.05, 4.69) is 0 Å². The molecule has 1 heterocycles. The van der Waals surface area contributed by atoms with Crippen molar-refractivity contribution in [3.8, 4) is 11.8 Å². The number of halogens is 2. The number of allylic oxidation sites excluding steroid dienone is 2. The Morgan fingerprint density at radius 2 is 2.12 bits per heavy atom. The number of nitrogens with two attached hydrogens (primary N) is 1. The Morgan fingerprint density at radius 3 is 2.68 bits per heavy atom. The van der Waals surface area contributed by atoms with Crippen molar-refractivity contribution < 1.29 is 27.8 Å². The molecule has 0 aromatic heterocycles. The highest BCUT2D eigenvalue weighted by molar-refractivity contribution is 5.92. The molecular formula is C17H16F2N2O4. The van der Waals surface area contributed by atoms with E-state index < -0.39 is 23.5 Å². The lowest BCUT2D eigenvalue weighted by Gasteiger charge is -2.28. The van der Waals surface area contributed by atoms with Gasteiger partial charge in [-0.15, -0.1) is 0 Å². The van der Waals surface area contributed by atoms with E-state index in [9.17, 15) is 18.8 Å². The Balaban J connectivity index is 2.78. The maximum absolute atomic E-state index is 14.6. The molecule has 0 fully saturated rings. The number of carbonyl (C=O) groups excluding carboxylic acids is 1. The van der Waals surface area contributed by atoms with Crippen molar-refractivity contribution in [1.29, 1.82) is 5.26 Å². The molecule has 1 unspecified atom stereocenters. The molecule has 2 rings (SSSR count). The maximum atomic E-state index is 14.6. The van der Waals surface area contributed by atoms with Crippen molar-refractivity contribution in [2.24, 2.45) is 5.73 Å². The van der Waals surface area contributed by atoms with Crippen LogP contribution in [0.3, 0.4) is 0 Å². The third-order valence-electron chi connectivity index (χ3n) is 3.67. The number of hydrogen-bond acceptors (Lipinski definition) is 6. The van der Waals surface area contributed by atoms with E-state index in [-0.39, 0.29) is 40.7 Å². The number of rotatable bonds is 4. The SMILES string of the molecule is CCOC(=O)C1=C(C)OC(N)=C(C#N)C1c1c(F)cc(F)cc1OC. The van der Waals surface area contributed by atoms with E-state index >= 15 is 0 Å².